The third-order valence-corrected chi connectivity index (χ3v) is 2.99. The number of carbonyl (C=O) groups is 1. The van der Waals surface area contributed by atoms with Gasteiger partial charge in [-0.3, -0.25) is 0 Å². The average molecular weight is 262 g/mol. The number of fused-ring (bicyclic) bond motifs is 1. The number of nitrogens with zero attached hydrogens (tertiary/aromatic N) is 4. The molecule has 0 spiro atoms. The molecule has 0 aliphatic carbocycles. The van der Waals surface area contributed by atoms with Gasteiger partial charge < -0.3 is 18.6 Å². The quantitative estimate of drug-likeness (QED) is 0.770. The van der Waals surface area contributed by atoms with Gasteiger partial charge in [-0.1, -0.05) is 0 Å². The van der Waals surface area contributed by atoms with Crippen LogP contribution >= 0.6 is 0 Å². The van der Waals surface area contributed by atoms with E-state index >= 15 is 0 Å². The van der Waals surface area contributed by atoms with Crippen molar-refractivity contribution in [3.8, 4) is 0 Å². The van der Waals surface area contributed by atoms with Crippen LogP contribution < -0.4 is 4.90 Å². The first-order chi connectivity index (χ1) is 9.28. The SMILES string of the molecule is CCOC(=O)c1coc(N2CCn3ccnc3C2)n1. The highest BCUT2D eigenvalue weighted by Gasteiger charge is 2.22. The van der Waals surface area contributed by atoms with Gasteiger partial charge in [0.25, 0.3) is 6.01 Å². The number of rotatable bonds is 3. The second kappa shape index (κ2) is 4.75. The first-order valence-electron chi connectivity index (χ1n) is 6.15. The summed E-state index contributed by atoms with van der Waals surface area (Å²) in [5.74, 6) is 0.498. The second-order valence-electron chi connectivity index (χ2n) is 4.19. The van der Waals surface area contributed by atoms with Crippen LogP contribution in [0.25, 0.3) is 0 Å². The van der Waals surface area contributed by atoms with Crippen molar-refractivity contribution < 1.29 is 13.9 Å². The van der Waals surface area contributed by atoms with E-state index in [0.29, 0.717) is 19.2 Å². The average Bonchev–Trinajstić information content (AvgIpc) is 3.07. The van der Waals surface area contributed by atoms with Crippen molar-refractivity contribution in [2.24, 2.45) is 0 Å². The Hall–Kier alpha value is -2.31. The molecule has 1 aliphatic heterocycles. The zero-order valence-electron chi connectivity index (χ0n) is 10.6. The first kappa shape index (κ1) is 11.8. The summed E-state index contributed by atoms with van der Waals surface area (Å²) >= 11 is 0. The summed E-state index contributed by atoms with van der Waals surface area (Å²) in [5.41, 5.74) is 0.200. The largest absolute Gasteiger partial charge is 0.461 e. The van der Waals surface area contributed by atoms with Crippen molar-refractivity contribution in [1.82, 2.24) is 14.5 Å². The van der Waals surface area contributed by atoms with Crippen LogP contribution in [0.3, 0.4) is 0 Å². The molecule has 7 heteroatoms. The van der Waals surface area contributed by atoms with Gasteiger partial charge in [0.2, 0.25) is 0 Å². The molecule has 3 rings (SSSR count). The van der Waals surface area contributed by atoms with Gasteiger partial charge in [0.15, 0.2) is 5.69 Å². The molecule has 100 valence electrons. The maximum Gasteiger partial charge on any atom is 0.360 e. The minimum Gasteiger partial charge on any atom is -0.461 e. The predicted octanol–water partition coefficient (Wildman–Crippen LogP) is 1.07. The van der Waals surface area contributed by atoms with Crippen LogP contribution in [0.15, 0.2) is 23.1 Å². The maximum atomic E-state index is 11.5. The summed E-state index contributed by atoms with van der Waals surface area (Å²) in [6.07, 6.45) is 5.05. The lowest BCUT2D eigenvalue weighted by Gasteiger charge is -2.25. The van der Waals surface area contributed by atoms with Gasteiger partial charge in [-0.15, -0.1) is 0 Å². The highest BCUT2D eigenvalue weighted by Crippen LogP contribution is 2.19. The Kier molecular flexibility index (Phi) is 2.94. The van der Waals surface area contributed by atoms with Crippen LogP contribution in [0.2, 0.25) is 0 Å². The molecule has 1 aliphatic rings. The normalized spacial score (nSPS) is 14.3. The predicted molar refractivity (Wildman–Crippen MR) is 65.7 cm³/mol. The summed E-state index contributed by atoms with van der Waals surface area (Å²) in [6, 6.07) is 0.428. The Morgan fingerprint density at radius 1 is 1.53 bits per heavy atom. The molecule has 3 heterocycles. The van der Waals surface area contributed by atoms with Crippen molar-refractivity contribution in [1.29, 1.82) is 0 Å². The van der Waals surface area contributed by atoms with E-state index in [1.165, 1.54) is 6.26 Å². The molecule has 2 aromatic heterocycles. The minimum absolute atomic E-state index is 0.200. The van der Waals surface area contributed by atoms with E-state index in [1.807, 2.05) is 11.1 Å². The zero-order chi connectivity index (χ0) is 13.2. The molecule has 19 heavy (non-hydrogen) atoms. The molecular weight excluding hydrogens is 248 g/mol. The Morgan fingerprint density at radius 3 is 3.26 bits per heavy atom. The van der Waals surface area contributed by atoms with E-state index in [9.17, 15) is 4.79 Å². The minimum atomic E-state index is -0.462. The molecule has 0 saturated heterocycles. The lowest BCUT2D eigenvalue weighted by atomic mass is 10.4. The maximum absolute atomic E-state index is 11.5. The van der Waals surface area contributed by atoms with Gasteiger partial charge in [0.05, 0.1) is 13.2 Å². The molecule has 0 bridgehead atoms. The number of esters is 1. The highest BCUT2D eigenvalue weighted by atomic mass is 16.5. The van der Waals surface area contributed by atoms with E-state index in [1.54, 1.807) is 13.1 Å². The van der Waals surface area contributed by atoms with E-state index < -0.39 is 5.97 Å². The van der Waals surface area contributed by atoms with Crippen LogP contribution in [0.4, 0.5) is 6.01 Å². The fourth-order valence-corrected chi connectivity index (χ4v) is 2.05. The molecule has 0 unspecified atom stereocenters. The van der Waals surface area contributed by atoms with Crippen molar-refractivity contribution in [2.75, 3.05) is 18.1 Å². The third kappa shape index (κ3) is 2.18. The zero-order valence-corrected chi connectivity index (χ0v) is 10.6. The molecule has 0 radical (unpaired) electrons. The second-order valence-corrected chi connectivity index (χ2v) is 4.19. The topological polar surface area (TPSA) is 73.4 Å². The van der Waals surface area contributed by atoms with Crippen LogP contribution in [0, 0.1) is 0 Å². The molecule has 0 fully saturated rings. The number of ether oxygens (including phenoxy) is 1. The number of carbonyl (C=O) groups excluding carboxylic acids is 1. The number of hydrogen-bond acceptors (Lipinski definition) is 6. The van der Waals surface area contributed by atoms with Crippen LogP contribution in [0.1, 0.15) is 23.2 Å². The molecule has 0 saturated carbocycles. The van der Waals surface area contributed by atoms with Gasteiger partial charge in [-0.25, -0.2) is 9.78 Å². The van der Waals surface area contributed by atoms with Gasteiger partial charge in [0, 0.05) is 25.5 Å². The van der Waals surface area contributed by atoms with Crippen molar-refractivity contribution in [2.45, 2.75) is 20.0 Å². The molecule has 7 nitrogen and oxygen atoms in total. The number of hydrogen-bond donors (Lipinski definition) is 0. The van der Waals surface area contributed by atoms with Gasteiger partial charge in [0.1, 0.15) is 12.1 Å². The number of imidazole rings is 1. The van der Waals surface area contributed by atoms with Crippen LogP contribution in [-0.4, -0.2) is 33.7 Å². The van der Waals surface area contributed by atoms with Crippen molar-refractivity contribution in [3.63, 3.8) is 0 Å². The monoisotopic (exact) mass is 262 g/mol. The van der Waals surface area contributed by atoms with Crippen molar-refractivity contribution in [3.05, 3.63) is 30.2 Å². The fourth-order valence-electron chi connectivity index (χ4n) is 2.05. The Morgan fingerprint density at radius 2 is 2.42 bits per heavy atom. The Bertz CT molecular complexity index is 589. The van der Waals surface area contributed by atoms with Crippen LogP contribution in [-0.2, 0) is 17.8 Å². The summed E-state index contributed by atoms with van der Waals surface area (Å²) in [4.78, 5) is 21.9. The summed E-state index contributed by atoms with van der Waals surface area (Å²) < 4.78 is 12.3. The smallest absolute Gasteiger partial charge is 0.360 e. The number of anilines is 1. The van der Waals surface area contributed by atoms with E-state index in [0.717, 1.165) is 18.9 Å². The van der Waals surface area contributed by atoms with Gasteiger partial charge in [-0.2, -0.15) is 4.98 Å². The molecular formula is C12H14N4O3. The summed E-state index contributed by atoms with van der Waals surface area (Å²) in [6.45, 7) is 4.29. The number of oxazole rings is 1. The fraction of sp³-hybridized carbons (Fsp3) is 0.417. The van der Waals surface area contributed by atoms with E-state index in [2.05, 4.69) is 14.5 Å². The highest BCUT2D eigenvalue weighted by molar-refractivity contribution is 5.87. The lowest BCUT2D eigenvalue weighted by molar-refractivity contribution is 0.0519. The molecule has 0 aromatic carbocycles. The van der Waals surface area contributed by atoms with Gasteiger partial charge in [-0.05, 0) is 6.92 Å². The third-order valence-electron chi connectivity index (χ3n) is 2.99. The molecule has 0 amide bonds. The summed E-state index contributed by atoms with van der Waals surface area (Å²) in [7, 11) is 0. The summed E-state index contributed by atoms with van der Waals surface area (Å²) in [5, 5.41) is 0. The van der Waals surface area contributed by atoms with Crippen molar-refractivity contribution >= 4 is 12.0 Å². The first-order valence-corrected chi connectivity index (χ1v) is 6.15. The van der Waals surface area contributed by atoms with E-state index in [4.69, 9.17) is 9.15 Å². The Balaban J connectivity index is 1.75. The van der Waals surface area contributed by atoms with E-state index in [-0.39, 0.29) is 5.69 Å². The molecule has 2 aromatic rings. The molecule has 0 N–H and O–H groups in total. The standard InChI is InChI=1S/C12H14N4O3/c1-2-18-11(17)9-8-19-12(14-9)16-6-5-15-4-3-13-10(15)7-16/h3-4,8H,2,5-7H2,1H3. The van der Waals surface area contributed by atoms with Crippen LogP contribution in [0.5, 0.6) is 0 Å². The lowest BCUT2D eigenvalue weighted by Crippen LogP contribution is -2.33. The Labute approximate surface area is 109 Å². The number of aromatic nitrogens is 3. The van der Waals surface area contributed by atoms with Gasteiger partial charge >= 0.3 is 5.97 Å². The molecule has 0 atom stereocenters.